The number of hydrogen-bond donors (Lipinski definition) is 6. The monoisotopic (exact) mass is 450 g/mol. The van der Waals surface area contributed by atoms with Gasteiger partial charge in [0.15, 0.2) is 0 Å². The number of halogens is 3. The summed E-state index contributed by atoms with van der Waals surface area (Å²) in [4.78, 5) is 54.4. The van der Waals surface area contributed by atoms with Crippen molar-refractivity contribution < 1.29 is 47.4 Å². The minimum absolute atomic E-state index is 0.183. The minimum atomic E-state index is -5.08. The van der Waals surface area contributed by atoms with Crippen LogP contribution in [0.3, 0.4) is 0 Å². The molecule has 0 aliphatic rings. The SMILES string of the molecule is NCC(=O)NCC(=O)NC(Cc1ccccc1)C(=O)NCC(=O)O.O=C(O)C(F)(F)F. The zero-order valence-corrected chi connectivity index (χ0v) is 15.9. The maximum absolute atomic E-state index is 12.1. The third-order valence-corrected chi connectivity index (χ3v) is 3.22. The second kappa shape index (κ2) is 13.5. The quantitative estimate of drug-likeness (QED) is 0.265. The lowest BCUT2D eigenvalue weighted by atomic mass is 10.1. The Morgan fingerprint density at radius 2 is 1.48 bits per heavy atom. The van der Waals surface area contributed by atoms with Gasteiger partial charge >= 0.3 is 18.1 Å². The van der Waals surface area contributed by atoms with Gasteiger partial charge in [0.25, 0.3) is 0 Å². The van der Waals surface area contributed by atoms with Crippen LogP contribution in [-0.4, -0.2) is 71.7 Å². The smallest absolute Gasteiger partial charge is 0.480 e. The van der Waals surface area contributed by atoms with E-state index < -0.39 is 48.4 Å². The van der Waals surface area contributed by atoms with E-state index in [9.17, 15) is 32.3 Å². The summed E-state index contributed by atoms with van der Waals surface area (Å²) < 4.78 is 31.7. The number of amides is 3. The lowest BCUT2D eigenvalue weighted by molar-refractivity contribution is -0.192. The van der Waals surface area contributed by atoms with Crippen molar-refractivity contribution in [3.8, 4) is 0 Å². The lowest BCUT2D eigenvalue weighted by Gasteiger charge is -2.18. The number of alkyl halides is 3. The Kier molecular flexibility index (Phi) is 11.9. The Balaban J connectivity index is 0.00000110. The number of nitrogens with two attached hydrogens (primary N) is 1. The van der Waals surface area contributed by atoms with Crippen LogP contribution in [-0.2, 0) is 30.4 Å². The van der Waals surface area contributed by atoms with Gasteiger partial charge in [0.1, 0.15) is 12.6 Å². The molecule has 0 heterocycles. The standard InChI is InChI=1S/C15H20N4O5.C2HF3O2/c16-7-12(20)17-8-13(21)19-11(15(24)18-9-14(22)23)6-10-4-2-1-3-5-10;3-2(4,5)1(6)7/h1-5,11H,6-9,16H2,(H,17,20)(H,18,24)(H,19,21)(H,22,23);(H,6,7). The van der Waals surface area contributed by atoms with Gasteiger partial charge in [-0.3, -0.25) is 19.2 Å². The highest BCUT2D eigenvalue weighted by molar-refractivity contribution is 5.91. The minimum Gasteiger partial charge on any atom is -0.480 e. The molecule has 0 bridgehead atoms. The number of carbonyl (C=O) groups excluding carboxylic acids is 3. The van der Waals surface area contributed by atoms with Crippen molar-refractivity contribution in [3.63, 3.8) is 0 Å². The van der Waals surface area contributed by atoms with E-state index in [1.807, 2.05) is 6.07 Å². The van der Waals surface area contributed by atoms with Crippen molar-refractivity contribution in [3.05, 3.63) is 35.9 Å². The van der Waals surface area contributed by atoms with Crippen molar-refractivity contribution >= 4 is 29.7 Å². The predicted molar refractivity (Wildman–Crippen MR) is 98.5 cm³/mol. The van der Waals surface area contributed by atoms with Crippen LogP contribution in [0.5, 0.6) is 0 Å². The Labute approximate surface area is 173 Å². The van der Waals surface area contributed by atoms with Crippen molar-refractivity contribution in [2.24, 2.45) is 5.73 Å². The van der Waals surface area contributed by atoms with E-state index in [0.717, 1.165) is 5.56 Å². The zero-order chi connectivity index (χ0) is 24.0. The van der Waals surface area contributed by atoms with Gasteiger partial charge in [-0.1, -0.05) is 30.3 Å². The zero-order valence-electron chi connectivity index (χ0n) is 15.9. The molecule has 11 nitrogen and oxygen atoms in total. The molecule has 3 amide bonds. The van der Waals surface area contributed by atoms with Crippen molar-refractivity contribution in [2.75, 3.05) is 19.6 Å². The van der Waals surface area contributed by atoms with Gasteiger partial charge in [0.2, 0.25) is 17.7 Å². The topological polar surface area (TPSA) is 188 Å². The molecule has 172 valence electrons. The van der Waals surface area contributed by atoms with Crippen LogP contribution in [0.25, 0.3) is 0 Å². The molecular weight excluding hydrogens is 429 g/mol. The van der Waals surface area contributed by atoms with Crippen molar-refractivity contribution in [1.82, 2.24) is 16.0 Å². The Hall–Kier alpha value is -3.68. The summed E-state index contributed by atoms with van der Waals surface area (Å²) in [6, 6.07) is 7.97. The molecule has 7 N–H and O–H groups in total. The number of nitrogens with one attached hydrogen (secondary N) is 3. The number of aliphatic carboxylic acids is 2. The van der Waals surface area contributed by atoms with Gasteiger partial charge in [-0.2, -0.15) is 13.2 Å². The second-order valence-corrected chi connectivity index (χ2v) is 5.71. The fraction of sp³-hybridized carbons (Fsp3) is 0.353. The van der Waals surface area contributed by atoms with E-state index in [2.05, 4.69) is 16.0 Å². The number of rotatable bonds is 9. The Morgan fingerprint density at radius 3 is 1.94 bits per heavy atom. The fourth-order valence-electron chi connectivity index (χ4n) is 1.84. The average Bonchev–Trinajstić information content (AvgIpc) is 2.70. The van der Waals surface area contributed by atoms with Crippen LogP contribution in [0.4, 0.5) is 13.2 Å². The van der Waals surface area contributed by atoms with E-state index in [1.54, 1.807) is 24.3 Å². The van der Waals surface area contributed by atoms with E-state index >= 15 is 0 Å². The van der Waals surface area contributed by atoms with Crippen LogP contribution >= 0.6 is 0 Å². The Bertz CT molecular complexity index is 773. The second-order valence-electron chi connectivity index (χ2n) is 5.71. The molecule has 0 aromatic heterocycles. The van der Waals surface area contributed by atoms with E-state index in [0.29, 0.717) is 0 Å². The summed E-state index contributed by atoms with van der Waals surface area (Å²) in [5, 5.41) is 22.7. The van der Waals surface area contributed by atoms with Gasteiger partial charge in [-0.05, 0) is 5.56 Å². The molecule has 31 heavy (non-hydrogen) atoms. The predicted octanol–water partition coefficient (Wildman–Crippen LogP) is -1.38. The molecule has 0 spiro atoms. The van der Waals surface area contributed by atoms with Gasteiger partial charge in [0, 0.05) is 6.42 Å². The first kappa shape index (κ1) is 27.3. The molecule has 0 radical (unpaired) electrons. The summed E-state index contributed by atoms with van der Waals surface area (Å²) in [5.74, 6) is -5.65. The van der Waals surface area contributed by atoms with Crippen molar-refractivity contribution in [1.29, 1.82) is 0 Å². The van der Waals surface area contributed by atoms with Crippen LogP contribution < -0.4 is 21.7 Å². The molecule has 1 aromatic rings. The first-order valence-electron chi connectivity index (χ1n) is 8.46. The molecule has 1 unspecified atom stereocenters. The highest BCUT2D eigenvalue weighted by Gasteiger charge is 2.38. The summed E-state index contributed by atoms with van der Waals surface area (Å²) in [6.07, 6.45) is -4.90. The molecule has 1 aromatic carbocycles. The summed E-state index contributed by atoms with van der Waals surface area (Å²) in [6.45, 7) is -1.13. The molecule has 1 atom stereocenters. The lowest BCUT2D eigenvalue weighted by Crippen LogP contribution is -2.51. The number of hydrogen-bond acceptors (Lipinski definition) is 6. The molecule has 14 heteroatoms. The molecular formula is C17H21F3N4O7. The van der Waals surface area contributed by atoms with Gasteiger partial charge in [0.05, 0.1) is 13.1 Å². The molecule has 0 aliphatic carbocycles. The van der Waals surface area contributed by atoms with Crippen LogP contribution in [0.1, 0.15) is 5.56 Å². The van der Waals surface area contributed by atoms with Crippen molar-refractivity contribution in [2.45, 2.75) is 18.6 Å². The number of carboxylic acids is 2. The molecule has 0 saturated carbocycles. The molecule has 0 aliphatic heterocycles. The molecule has 0 fully saturated rings. The third-order valence-electron chi connectivity index (χ3n) is 3.22. The van der Waals surface area contributed by atoms with Crippen LogP contribution in [0, 0.1) is 0 Å². The number of carboxylic acid groups (broad SMARTS) is 2. The third kappa shape index (κ3) is 13.2. The first-order chi connectivity index (χ1) is 14.4. The van der Waals surface area contributed by atoms with Crippen LogP contribution in [0.15, 0.2) is 30.3 Å². The first-order valence-corrected chi connectivity index (χ1v) is 8.46. The highest BCUT2D eigenvalue weighted by atomic mass is 19.4. The normalized spacial score (nSPS) is 11.2. The van der Waals surface area contributed by atoms with E-state index in [1.165, 1.54) is 0 Å². The van der Waals surface area contributed by atoms with E-state index in [4.69, 9.17) is 20.7 Å². The largest absolute Gasteiger partial charge is 0.490 e. The molecule has 1 rings (SSSR count). The van der Waals surface area contributed by atoms with Gasteiger partial charge in [-0.15, -0.1) is 0 Å². The average molecular weight is 450 g/mol. The van der Waals surface area contributed by atoms with Crippen LogP contribution in [0.2, 0.25) is 0 Å². The maximum Gasteiger partial charge on any atom is 0.490 e. The summed E-state index contributed by atoms with van der Waals surface area (Å²) in [7, 11) is 0. The molecule has 0 saturated heterocycles. The fourth-order valence-corrected chi connectivity index (χ4v) is 1.84. The number of carbonyl (C=O) groups is 5. The van der Waals surface area contributed by atoms with E-state index in [-0.39, 0.29) is 19.5 Å². The number of benzene rings is 1. The summed E-state index contributed by atoms with van der Waals surface area (Å²) in [5.41, 5.74) is 5.91. The Morgan fingerprint density at radius 1 is 0.935 bits per heavy atom. The maximum atomic E-state index is 12.1. The summed E-state index contributed by atoms with van der Waals surface area (Å²) >= 11 is 0. The van der Waals surface area contributed by atoms with Gasteiger partial charge < -0.3 is 31.9 Å². The van der Waals surface area contributed by atoms with Gasteiger partial charge in [-0.25, -0.2) is 4.79 Å². The highest BCUT2D eigenvalue weighted by Crippen LogP contribution is 2.13.